The Balaban J connectivity index is 2.79. The van der Waals surface area contributed by atoms with Crippen LogP contribution >= 0.6 is 11.8 Å². The molecule has 1 N–H and O–H groups in total. The van der Waals surface area contributed by atoms with E-state index in [1.807, 2.05) is 0 Å². The van der Waals surface area contributed by atoms with Gasteiger partial charge in [0.2, 0.25) is 0 Å². The van der Waals surface area contributed by atoms with Gasteiger partial charge in [-0.15, -0.1) is 0 Å². The highest BCUT2D eigenvalue weighted by Crippen LogP contribution is 2.29. The summed E-state index contributed by atoms with van der Waals surface area (Å²) in [5, 5.41) is 3.22. The topological polar surface area (TPSA) is 49.4 Å². The van der Waals surface area contributed by atoms with Crippen LogP contribution in [0.3, 0.4) is 0 Å². The van der Waals surface area contributed by atoms with Gasteiger partial charge < -0.3 is 5.32 Å². The lowest BCUT2D eigenvalue weighted by molar-refractivity contribution is 0.144. The molecule has 1 rings (SSSR count). The Labute approximate surface area is 135 Å². The van der Waals surface area contributed by atoms with Gasteiger partial charge >= 0.3 is 0 Å². The summed E-state index contributed by atoms with van der Waals surface area (Å²) in [5.41, 5.74) is 0.129. The summed E-state index contributed by atoms with van der Waals surface area (Å²) in [6, 6.07) is 0.462. The highest BCUT2D eigenvalue weighted by molar-refractivity contribution is 8.00. The lowest BCUT2D eigenvalue weighted by Gasteiger charge is -2.41. The van der Waals surface area contributed by atoms with Crippen LogP contribution in [0, 0.1) is 5.41 Å². The molecule has 6 heteroatoms. The SMILES string of the molecule is CCCC(C)(CNC(C)C)CN1CCSCC1S(C)(=O)=O. The number of thioether (sulfide) groups is 1. The Bertz CT molecular complexity index is 412. The normalized spacial score (nSPS) is 24.2. The zero-order valence-corrected chi connectivity index (χ0v) is 15.8. The standard InChI is InChI=1S/C15H32N2O2S2/c1-6-7-15(4,11-16-13(2)3)12-17-8-9-20-10-14(17)21(5,18)19/h13-14,16H,6-12H2,1-5H3. The van der Waals surface area contributed by atoms with Crippen molar-refractivity contribution in [1.29, 1.82) is 0 Å². The average Bonchev–Trinajstić information content (AvgIpc) is 2.36. The van der Waals surface area contributed by atoms with Crippen LogP contribution in [0.15, 0.2) is 0 Å². The molecule has 0 aromatic carbocycles. The number of nitrogens with zero attached hydrogens (tertiary/aromatic N) is 1. The minimum Gasteiger partial charge on any atom is -0.314 e. The number of hydrogen-bond acceptors (Lipinski definition) is 5. The zero-order chi connectivity index (χ0) is 16.1. The first-order valence-electron chi connectivity index (χ1n) is 7.92. The van der Waals surface area contributed by atoms with E-state index in [2.05, 4.69) is 37.9 Å². The fourth-order valence-electron chi connectivity index (χ4n) is 2.96. The minimum atomic E-state index is -3.01. The smallest absolute Gasteiger partial charge is 0.164 e. The Morgan fingerprint density at radius 3 is 2.62 bits per heavy atom. The van der Waals surface area contributed by atoms with E-state index >= 15 is 0 Å². The van der Waals surface area contributed by atoms with E-state index in [4.69, 9.17) is 0 Å². The molecule has 2 unspecified atom stereocenters. The summed E-state index contributed by atoms with van der Waals surface area (Å²) >= 11 is 1.75. The third-order valence-corrected chi connectivity index (χ3v) is 6.75. The van der Waals surface area contributed by atoms with Gasteiger partial charge in [-0.25, -0.2) is 8.42 Å². The van der Waals surface area contributed by atoms with Gasteiger partial charge in [-0.2, -0.15) is 11.8 Å². The molecule has 0 aliphatic carbocycles. The second-order valence-corrected chi connectivity index (χ2v) is 10.3. The van der Waals surface area contributed by atoms with Crippen LogP contribution in [0.1, 0.15) is 40.5 Å². The summed E-state index contributed by atoms with van der Waals surface area (Å²) in [7, 11) is -3.01. The first kappa shape index (κ1) is 19.3. The van der Waals surface area contributed by atoms with Crippen LogP contribution in [0.5, 0.6) is 0 Å². The summed E-state index contributed by atoms with van der Waals surface area (Å²) in [4.78, 5) is 2.20. The molecule has 0 amide bonds. The van der Waals surface area contributed by atoms with Crippen LogP contribution in [0.4, 0.5) is 0 Å². The predicted molar refractivity (Wildman–Crippen MR) is 93.7 cm³/mol. The fraction of sp³-hybridized carbons (Fsp3) is 1.00. The van der Waals surface area contributed by atoms with Gasteiger partial charge in [-0.05, 0) is 11.8 Å². The fourth-order valence-corrected chi connectivity index (χ4v) is 5.90. The number of hydrogen-bond donors (Lipinski definition) is 1. The van der Waals surface area contributed by atoms with E-state index in [0.717, 1.165) is 38.2 Å². The molecular weight excluding hydrogens is 304 g/mol. The van der Waals surface area contributed by atoms with E-state index in [-0.39, 0.29) is 10.8 Å². The number of rotatable bonds is 8. The molecule has 0 saturated carbocycles. The van der Waals surface area contributed by atoms with Gasteiger partial charge in [0.1, 0.15) is 5.37 Å². The highest BCUT2D eigenvalue weighted by atomic mass is 32.2. The maximum Gasteiger partial charge on any atom is 0.164 e. The van der Waals surface area contributed by atoms with Crippen LogP contribution in [-0.4, -0.2) is 62.1 Å². The van der Waals surface area contributed by atoms with Gasteiger partial charge in [-0.1, -0.05) is 34.1 Å². The lowest BCUT2D eigenvalue weighted by atomic mass is 9.84. The monoisotopic (exact) mass is 336 g/mol. The molecule has 0 aromatic rings. The third-order valence-electron chi connectivity index (χ3n) is 4.06. The molecule has 1 saturated heterocycles. The van der Waals surface area contributed by atoms with Crippen LogP contribution < -0.4 is 5.32 Å². The van der Waals surface area contributed by atoms with Crippen molar-refractivity contribution in [2.24, 2.45) is 5.41 Å². The van der Waals surface area contributed by atoms with E-state index in [9.17, 15) is 8.42 Å². The molecule has 4 nitrogen and oxygen atoms in total. The molecule has 126 valence electrons. The largest absolute Gasteiger partial charge is 0.314 e. The summed E-state index contributed by atoms with van der Waals surface area (Å²) in [5.74, 6) is 1.74. The summed E-state index contributed by atoms with van der Waals surface area (Å²) in [6.45, 7) is 11.5. The van der Waals surface area contributed by atoms with Crippen molar-refractivity contribution in [3.8, 4) is 0 Å². The van der Waals surface area contributed by atoms with E-state index < -0.39 is 9.84 Å². The number of nitrogens with one attached hydrogen (secondary N) is 1. The molecule has 1 aliphatic rings. The first-order chi connectivity index (χ1) is 9.68. The van der Waals surface area contributed by atoms with Gasteiger partial charge in [0.25, 0.3) is 0 Å². The van der Waals surface area contributed by atoms with Gasteiger partial charge in [-0.3, -0.25) is 4.90 Å². The van der Waals surface area contributed by atoms with Crippen molar-refractivity contribution < 1.29 is 8.42 Å². The predicted octanol–water partition coefficient (Wildman–Crippen LogP) is 2.21. The van der Waals surface area contributed by atoms with Crippen molar-refractivity contribution in [1.82, 2.24) is 10.2 Å². The molecule has 21 heavy (non-hydrogen) atoms. The molecule has 1 aliphatic heterocycles. The van der Waals surface area contributed by atoms with Crippen LogP contribution in [0.2, 0.25) is 0 Å². The van der Waals surface area contributed by atoms with E-state index in [0.29, 0.717) is 11.8 Å². The quantitative estimate of drug-likeness (QED) is 0.736. The molecule has 0 aromatic heterocycles. The summed E-state index contributed by atoms with van der Waals surface area (Å²) in [6.07, 6.45) is 3.62. The van der Waals surface area contributed by atoms with Crippen LogP contribution in [-0.2, 0) is 9.84 Å². The maximum absolute atomic E-state index is 12.0. The van der Waals surface area contributed by atoms with Crippen molar-refractivity contribution in [2.45, 2.75) is 52.0 Å². The molecule has 2 atom stereocenters. The Morgan fingerprint density at radius 2 is 2.10 bits per heavy atom. The second-order valence-electron chi connectivity index (χ2n) is 6.93. The van der Waals surface area contributed by atoms with Crippen molar-refractivity contribution in [3.63, 3.8) is 0 Å². The highest BCUT2D eigenvalue weighted by Gasteiger charge is 2.35. The third kappa shape index (κ3) is 6.47. The minimum absolute atomic E-state index is 0.129. The Morgan fingerprint density at radius 1 is 1.43 bits per heavy atom. The molecule has 1 fully saturated rings. The maximum atomic E-state index is 12.0. The van der Waals surface area contributed by atoms with Crippen molar-refractivity contribution in [2.75, 3.05) is 37.4 Å². The lowest BCUT2D eigenvalue weighted by Crippen LogP contribution is -2.52. The number of sulfone groups is 1. The molecule has 0 spiro atoms. The zero-order valence-electron chi connectivity index (χ0n) is 14.2. The van der Waals surface area contributed by atoms with Crippen molar-refractivity contribution >= 4 is 21.6 Å². The van der Waals surface area contributed by atoms with Gasteiger partial charge in [0, 0.05) is 43.4 Å². The van der Waals surface area contributed by atoms with E-state index in [1.165, 1.54) is 6.26 Å². The Hall–Kier alpha value is 0.220. The average molecular weight is 337 g/mol. The summed E-state index contributed by atoms with van der Waals surface area (Å²) < 4.78 is 24.1. The first-order valence-corrected chi connectivity index (χ1v) is 11.0. The molecule has 0 bridgehead atoms. The van der Waals surface area contributed by atoms with Crippen molar-refractivity contribution in [3.05, 3.63) is 0 Å². The van der Waals surface area contributed by atoms with Crippen LogP contribution in [0.25, 0.3) is 0 Å². The molecule has 0 radical (unpaired) electrons. The Kier molecular flexibility index (Phi) is 7.50. The van der Waals surface area contributed by atoms with Gasteiger partial charge in [0.05, 0.1) is 0 Å². The molecular formula is C15H32N2O2S2. The second kappa shape index (κ2) is 8.18. The van der Waals surface area contributed by atoms with Gasteiger partial charge in [0.15, 0.2) is 9.84 Å². The van der Waals surface area contributed by atoms with E-state index in [1.54, 1.807) is 11.8 Å². The molecule has 1 heterocycles.